The van der Waals surface area contributed by atoms with Crippen molar-refractivity contribution in [1.82, 2.24) is 10.3 Å². The molecule has 0 unspecified atom stereocenters. The van der Waals surface area contributed by atoms with Crippen LogP contribution in [0.2, 0.25) is 0 Å². The number of carbonyl (C=O) groups excluding carboxylic acids is 1. The Morgan fingerprint density at radius 2 is 2.44 bits per heavy atom. The lowest BCUT2D eigenvalue weighted by atomic mass is 10.0. The quantitative estimate of drug-likeness (QED) is 0.816. The number of nitrogens with zero attached hydrogens (tertiary/aromatic N) is 1. The van der Waals surface area contributed by atoms with Crippen LogP contribution in [0.5, 0.6) is 0 Å². The number of aromatic nitrogens is 1. The van der Waals surface area contributed by atoms with Gasteiger partial charge in [-0.1, -0.05) is 0 Å². The number of amides is 1. The molecule has 1 fully saturated rings. The molecule has 0 aromatic carbocycles. The Morgan fingerprint density at radius 3 is 2.94 bits per heavy atom. The molecule has 0 saturated heterocycles. The second kappa shape index (κ2) is 4.51. The highest BCUT2D eigenvalue weighted by Gasteiger charge is 2.41. The molecule has 0 radical (unpaired) electrons. The molecule has 1 heterocycles. The maximum Gasteiger partial charge on any atom is 0.263 e. The third-order valence-electron chi connectivity index (χ3n) is 3.07. The van der Waals surface area contributed by atoms with E-state index in [1.165, 1.54) is 11.3 Å². The van der Waals surface area contributed by atoms with E-state index in [1.807, 2.05) is 6.92 Å². The maximum absolute atomic E-state index is 11.7. The van der Waals surface area contributed by atoms with Crippen molar-refractivity contribution in [2.24, 2.45) is 5.41 Å². The summed E-state index contributed by atoms with van der Waals surface area (Å²) in [6, 6.07) is 0. The van der Waals surface area contributed by atoms with Crippen LogP contribution in [0.4, 0.5) is 0 Å². The summed E-state index contributed by atoms with van der Waals surface area (Å²) in [5.41, 5.74) is 0.171. The van der Waals surface area contributed by atoms with E-state index in [1.54, 1.807) is 6.20 Å². The summed E-state index contributed by atoms with van der Waals surface area (Å²) in [5.74, 6) is -0.0465. The maximum atomic E-state index is 11.7. The summed E-state index contributed by atoms with van der Waals surface area (Å²) in [4.78, 5) is 16.4. The van der Waals surface area contributed by atoms with Crippen molar-refractivity contribution in [3.05, 3.63) is 16.1 Å². The largest absolute Gasteiger partial charge is 0.396 e. The predicted octanol–water partition coefficient (Wildman–Crippen LogP) is 1.34. The molecule has 5 heteroatoms. The summed E-state index contributed by atoms with van der Waals surface area (Å²) in [6.45, 7) is 2.76. The van der Waals surface area contributed by atoms with Gasteiger partial charge in [-0.2, -0.15) is 0 Å². The smallest absolute Gasteiger partial charge is 0.263 e. The molecule has 1 aromatic rings. The minimum atomic E-state index is -0.0465. The van der Waals surface area contributed by atoms with Crippen molar-refractivity contribution >= 4 is 17.2 Å². The van der Waals surface area contributed by atoms with Crippen molar-refractivity contribution in [2.45, 2.75) is 26.2 Å². The second-order valence-electron chi connectivity index (χ2n) is 4.40. The summed E-state index contributed by atoms with van der Waals surface area (Å²) in [6.07, 6.45) is 4.61. The van der Waals surface area contributed by atoms with E-state index in [-0.39, 0.29) is 17.9 Å². The van der Waals surface area contributed by atoms with Gasteiger partial charge in [0.15, 0.2) is 0 Å². The monoisotopic (exact) mass is 240 g/mol. The normalized spacial score (nSPS) is 17.1. The van der Waals surface area contributed by atoms with E-state index in [4.69, 9.17) is 5.11 Å². The zero-order valence-corrected chi connectivity index (χ0v) is 10.1. The first-order valence-electron chi connectivity index (χ1n) is 5.47. The fourth-order valence-corrected chi connectivity index (χ4v) is 2.44. The molecule has 0 spiro atoms. The Morgan fingerprint density at radius 1 is 1.69 bits per heavy atom. The van der Waals surface area contributed by atoms with Crippen LogP contribution in [0.3, 0.4) is 0 Å². The minimum Gasteiger partial charge on any atom is -0.396 e. The third kappa shape index (κ3) is 2.59. The Kier molecular flexibility index (Phi) is 3.25. The van der Waals surface area contributed by atoms with Crippen molar-refractivity contribution in [1.29, 1.82) is 0 Å². The summed E-state index contributed by atoms with van der Waals surface area (Å²) >= 11 is 1.41. The number of aliphatic hydroxyl groups excluding tert-OH is 1. The molecule has 16 heavy (non-hydrogen) atoms. The van der Waals surface area contributed by atoms with Gasteiger partial charge in [-0.3, -0.25) is 4.79 Å². The van der Waals surface area contributed by atoms with Gasteiger partial charge in [0.2, 0.25) is 0 Å². The van der Waals surface area contributed by atoms with Crippen LogP contribution in [0, 0.1) is 12.3 Å². The Balaban J connectivity index is 1.84. The van der Waals surface area contributed by atoms with Crippen LogP contribution >= 0.6 is 11.3 Å². The van der Waals surface area contributed by atoms with Gasteiger partial charge in [0.25, 0.3) is 5.91 Å². The SMILES string of the molecule is Cc1ncc(C(=O)NCC2(CCO)CC2)s1. The van der Waals surface area contributed by atoms with Gasteiger partial charge >= 0.3 is 0 Å². The average Bonchev–Trinajstić information content (AvgIpc) is 2.89. The zero-order chi connectivity index (χ0) is 11.6. The molecule has 1 aliphatic carbocycles. The van der Waals surface area contributed by atoms with Crippen LogP contribution in [0.25, 0.3) is 0 Å². The lowest BCUT2D eigenvalue weighted by Gasteiger charge is -2.13. The van der Waals surface area contributed by atoms with Gasteiger partial charge in [-0.15, -0.1) is 11.3 Å². The van der Waals surface area contributed by atoms with E-state index in [0.29, 0.717) is 11.4 Å². The first-order chi connectivity index (χ1) is 7.65. The summed E-state index contributed by atoms with van der Waals surface area (Å²) < 4.78 is 0. The van der Waals surface area contributed by atoms with Gasteiger partial charge in [-0.05, 0) is 31.6 Å². The number of nitrogens with one attached hydrogen (secondary N) is 1. The van der Waals surface area contributed by atoms with Crippen molar-refractivity contribution < 1.29 is 9.90 Å². The van der Waals surface area contributed by atoms with Crippen molar-refractivity contribution in [3.63, 3.8) is 0 Å². The number of thiazole rings is 1. The highest BCUT2D eigenvalue weighted by Crippen LogP contribution is 2.47. The Hall–Kier alpha value is -0.940. The number of hydrogen-bond donors (Lipinski definition) is 2. The van der Waals surface area contributed by atoms with E-state index in [9.17, 15) is 4.79 Å². The summed E-state index contributed by atoms with van der Waals surface area (Å²) in [7, 11) is 0. The fraction of sp³-hybridized carbons (Fsp3) is 0.636. The van der Waals surface area contributed by atoms with E-state index in [2.05, 4.69) is 10.3 Å². The molecule has 1 amide bonds. The number of aryl methyl sites for hydroxylation is 1. The third-order valence-corrected chi connectivity index (χ3v) is 3.98. The lowest BCUT2D eigenvalue weighted by molar-refractivity contribution is 0.0944. The predicted molar refractivity (Wildman–Crippen MR) is 62.6 cm³/mol. The number of aliphatic hydroxyl groups is 1. The van der Waals surface area contributed by atoms with Crippen LogP contribution in [-0.4, -0.2) is 29.1 Å². The molecule has 1 aliphatic rings. The minimum absolute atomic E-state index is 0.0465. The van der Waals surface area contributed by atoms with Crippen LogP contribution in [0.1, 0.15) is 33.9 Å². The van der Waals surface area contributed by atoms with Crippen LogP contribution in [-0.2, 0) is 0 Å². The van der Waals surface area contributed by atoms with Gasteiger partial charge in [0.05, 0.1) is 11.2 Å². The molecule has 0 aliphatic heterocycles. The van der Waals surface area contributed by atoms with E-state index in [0.717, 1.165) is 24.3 Å². The Labute approximate surface area is 98.7 Å². The molecule has 88 valence electrons. The van der Waals surface area contributed by atoms with E-state index < -0.39 is 0 Å². The first-order valence-corrected chi connectivity index (χ1v) is 6.28. The molecule has 1 saturated carbocycles. The summed E-state index contributed by atoms with van der Waals surface area (Å²) in [5, 5.41) is 12.7. The van der Waals surface area contributed by atoms with Gasteiger partial charge in [-0.25, -0.2) is 4.98 Å². The van der Waals surface area contributed by atoms with E-state index >= 15 is 0 Å². The topological polar surface area (TPSA) is 62.2 Å². The molecule has 2 rings (SSSR count). The molecule has 2 N–H and O–H groups in total. The number of rotatable bonds is 5. The van der Waals surface area contributed by atoms with Gasteiger partial charge in [0.1, 0.15) is 4.88 Å². The van der Waals surface area contributed by atoms with Crippen LogP contribution in [0.15, 0.2) is 6.20 Å². The molecular weight excluding hydrogens is 224 g/mol. The van der Waals surface area contributed by atoms with Crippen molar-refractivity contribution in [3.8, 4) is 0 Å². The molecule has 0 atom stereocenters. The lowest BCUT2D eigenvalue weighted by Crippen LogP contribution is -2.30. The average molecular weight is 240 g/mol. The number of hydrogen-bond acceptors (Lipinski definition) is 4. The molecule has 4 nitrogen and oxygen atoms in total. The van der Waals surface area contributed by atoms with Gasteiger partial charge < -0.3 is 10.4 Å². The van der Waals surface area contributed by atoms with Crippen LogP contribution < -0.4 is 5.32 Å². The standard InChI is InChI=1S/C11H16N2O2S/c1-8-12-6-9(16-8)10(15)13-7-11(2-3-11)4-5-14/h6,14H,2-5,7H2,1H3,(H,13,15). The molecule has 1 aromatic heterocycles. The zero-order valence-electron chi connectivity index (χ0n) is 9.32. The molecule has 0 bridgehead atoms. The fourth-order valence-electron chi connectivity index (χ4n) is 1.75. The van der Waals surface area contributed by atoms with Gasteiger partial charge in [0, 0.05) is 13.2 Å². The first kappa shape index (κ1) is 11.5. The van der Waals surface area contributed by atoms with Crippen molar-refractivity contribution in [2.75, 3.05) is 13.2 Å². The number of carbonyl (C=O) groups is 1. The Bertz CT molecular complexity index is 385. The molecular formula is C11H16N2O2S. The highest BCUT2D eigenvalue weighted by molar-refractivity contribution is 7.13. The highest BCUT2D eigenvalue weighted by atomic mass is 32.1. The second-order valence-corrected chi connectivity index (χ2v) is 5.63.